The molecular weight excluding hydrogens is 416 g/mol. The van der Waals surface area contributed by atoms with Gasteiger partial charge in [0.15, 0.2) is 0 Å². The SMILES string of the molecule is COc1cc(Br)ccc1C(O)c1csc2c(Br)cccc12. The Morgan fingerprint density at radius 2 is 1.95 bits per heavy atom. The molecule has 3 aromatic rings. The number of thiophene rings is 1. The van der Waals surface area contributed by atoms with Crippen LogP contribution in [-0.4, -0.2) is 12.2 Å². The molecule has 0 fully saturated rings. The third-order valence-corrected chi connectivity index (χ3v) is 5.83. The predicted octanol–water partition coefficient (Wildman–Crippen LogP) is 5.52. The van der Waals surface area contributed by atoms with Crippen LogP contribution in [0.3, 0.4) is 0 Å². The Labute approximate surface area is 143 Å². The van der Waals surface area contributed by atoms with E-state index in [4.69, 9.17) is 4.74 Å². The highest BCUT2D eigenvalue weighted by Gasteiger charge is 2.19. The first kappa shape index (κ1) is 15.0. The fraction of sp³-hybridized carbons (Fsp3) is 0.125. The first-order valence-electron chi connectivity index (χ1n) is 6.29. The van der Waals surface area contributed by atoms with Crippen LogP contribution < -0.4 is 4.74 Å². The quantitative estimate of drug-likeness (QED) is 0.596. The smallest absolute Gasteiger partial charge is 0.126 e. The maximum atomic E-state index is 10.8. The molecule has 0 saturated heterocycles. The zero-order chi connectivity index (χ0) is 15.0. The summed E-state index contributed by atoms with van der Waals surface area (Å²) >= 11 is 8.59. The molecule has 108 valence electrons. The van der Waals surface area contributed by atoms with Crippen LogP contribution in [0.25, 0.3) is 10.1 Å². The monoisotopic (exact) mass is 426 g/mol. The maximum absolute atomic E-state index is 10.8. The van der Waals surface area contributed by atoms with Gasteiger partial charge < -0.3 is 9.84 Å². The standard InChI is InChI=1S/C16H12Br2O2S/c1-20-14-7-9(17)5-6-11(14)15(19)12-8-21-16-10(12)3-2-4-13(16)18/h2-8,15,19H,1H3. The molecule has 0 aliphatic carbocycles. The van der Waals surface area contributed by atoms with Crippen LogP contribution in [0.4, 0.5) is 0 Å². The lowest BCUT2D eigenvalue weighted by molar-refractivity contribution is 0.216. The lowest BCUT2D eigenvalue weighted by atomic mass is 10.00. The number of rotatable bonds is 3. The lowest BCUT2D eigenvalue weighted by Crippen LogP contribution is -2.01. The van der Waals surface area contributed by atoms with E-state index in [0.29, 0.717) is 5.75 Å². The van der Waals surface area contributed by atoms with Gasteiger partial charge in [-0.05, 0) is 44.9 Å². The van der Waals surface area contributed by atoms with Crippen molar-refractivity contribution in [3.05, 3.63) is 61.9 Å². The van der Waals surface area contributed by atoms with Gasteiger partial charge in [0, 0.05) is 24.8 Å². The minimum atomic E-state index is -0.712. The van der Waals surface area contributed by atoms with Gasteiger partial charge in [-0.15, -0.1) is 11.3 Å². The molecule has 3 rings (SSSR count). The molecule has 1 aromatic heterocycles. The Morgan fingerprint density at radius 3 is 2.71 bits per heavy atom. The second-order valence-corrected chi connectivity index (χ2v) is 7.25. The van der Waals surface area contributed by atoms with Crippen LogP contribution in [0, 0.1) is 0 Å². The van der Waals surface area contributed by atoms with Crippen molar-refractivity contribution < 1.29 is 9.84 Å². The van der Waals surface area contributed by atoms with Gasteiger partial charge in [-0.1, -0.05) is 34.1 Å². The molecule has 21 heavy (non-hydrogen) atoms. The summed E-state index contributed by atoms with van der Waals surface area (Å²) in [5.41, 5.74) is 1.66. The van der Waals surface area contributed by atoms with E-state index in [2.05, 4.69) is 31.9 Å². The summed E-state index contributed by atoms with van der Waals surface area (Å²) in [6.45, 7) is 0. The van der Waals surface area contributed by atoms with E-state index in [1.54, 1.807) is 18.4 Å². The van der Waals surface area contributed by atoms with Gasteiger partial charge in [0.2, 0.25) is 0 Å². The second-order valence-electron chi connectivity index (χ2n) is 4.60. The largest absolute Gasteiger partial charge is 0.496 e. The Balaban J connectivity index is 2.13. The molecule has 0 radical (unpaired) electrons. The Kier molecular flexibility index (Phi) is 4.36. The number of fused-ring (bicyclic) bond motifs is 1. The van der Waals surface area contributed by atoms with E-state index < -0.39 is 6.10 Å². The zero-order valence-electron chi connectivity index (χ0n) is 11.1. The molecule has 1 N–H and O–H groups in total. The Hall–Kier alpha value is -0.880. The van der Waals surface area contributed by atoms with Crippen LogP contribution in [0.5, 0.6) is 5.75 Å². The van der Waals surface area contributed by atoms with E-state index in [0.717, 1.165) is 30.2 Å². The van der Waals surface area contributed by atoms with E-state index >= 15 is 0 Å². The molecule has 1 unspecified atom stereocenters. The third-order valence-electron chi connectivity index (χ3n) is 3.37. The van der Waals surface area contributed by atoms with Gasteiger partial charge in [-0.3, -0.25) is 0 Å². The van der Waals surface area contributed by atoms with Crippen molar-refractivity contribution in [2.45, 2.75) is 6.10 Å². The van der Waals surface area contributed by atoms with Crippen molar-refractivity contribution in [1.29, 1.82) is 0 Å². The molecule has 0 spiro atoms. The fourth-order valence-electron chi connectivity index (χ4n) is 2.33. The van der Waals surface area contributed by atoms with Crippen LogP contribution in [0.15, 0.2) is 50.7 Å². The molecular formula is C16H12Br2O2S. The number of aliphatic hydroxyl groups is 1. The van der Waals surface area contributed by atoms with Gasteiger partial charge in [0.05, 0.1) is 7.11 Å². The molecule has 1 heterocycles. The number of ether oxygens (including phenoxy) is 1. The summed E-state index contributed by atoms with van der Waals surface area (Å²) in [4.78, 5) is 0. The lowest BCUT2D eigenvalue weighted by Gasteiger charge is -2.15. The minimum Gasteiger partial charge on any atom is -0.496 e. The van der Waals surface area contributed by atoms with Crippen LogP contribution in [-0.2, 0) is 0 Å². The molecule has 0 saturated carbocycles. The van der Waals surface area contributed by atoms with Crippen molar-refractivity contribution >= 4 is 53.3 Å². The van der Waals surface area contributed by atoms with Gasteiger partial charge in [-0.2, -0.15) is 0 Å². The summed E-state index contributed by atoms with van der Waals surface area (Å²) in [6, 6.07) is 11.7. The van der Waals surface area contributed by atoms with E-state index in [1.807, 2.05) is 41.8 Å². The number of halogens is 2. The molecule has 0 amide bonds. The first-order chi connectivity index (χ1) is 10.1. The average molecular weight is 428 g/mol. The highest BCUT2D eigenvalue weighted by molar-refractivity contribution is 9.11. The van der Waals surface area contributed by atoms with Crippen molar-refractivity contribution in [3.8, 4) is 5.75 Å². The number of methoxy groups -OCH3 is 1. The van der Waals surface area contributed by atoms with Gasteiger partial charge in [0.25, 0.3) is 0 Å². The van der Waals surface area contributed by atoms with Crippen molar-refractivity contribution in [3.63, 3.8) is 0 Å². The van der Waals surface area contributed by atoms with Crippen LogP contribution >= 0.6 is 43.2 Å². The summed E-state index contributed by atoms with van der Waals surface area (Å²) in [7, 11) is 1.61. The number of aliphatic hydroxyl groups excluding tert-OH is 1. The van der Waals surface area contributed by atoms with E-state index in [-0.39, 0.29) is 0 Å². The summed E-state index contributed by atoms with van der Waals surface area (Å²) in [5.74, 6) is 0.672. The van der Waals surface area contributed by atoms with Gasteiger partial charge >= 0.3 is 0 Å². The first-order valence-corrected chi connectivity index (χ1v) is 8.75. The fourth-order valence-corrected chi connectivity index (χ4v) is 4.31. The third kappa shape index (κ3) is 2.75. The molecule has 2 aromatic carbocycles. The number of hydrogen-bond acceptors (Lipinski definition) is 3. The van der Waals surface area contributed by atoms with Crippen molar-refractivity contribution in [2.75, 3.05) is 7.11 Å². The maximum Gasteiger partial charge on any atom is 0.126 e. The summed E-state index contributed by atoms with van der Waals surface area (Å²) < 4.78 is 8.50. The second kappa shape index (κ2) is 6.08. The zero-order valence-corrected chi connectivity index (χ0v) is 15.1. The molecule has 5 heteroatoms. The molecule has 1 atom stereocenters. The molecule has 2 nitrogen and oxygen atoms in total. The Morgan fingerprint density at radius 1 is 1.14 bits per heavy atom. The highest BCUT2D eigenvalue weighted by Crippen LogP contribution is 2.39. The van der Waals surface area contributed by atoms with Gasteiger partial charge in [-0.25, -0.2) is 0 Å². The van der Waals surface area contributed by atoms with Crippen LogP contribution in [0.2, 0.25) is 0 Å². The van der Waals surface area contributed by atoms with E-state index in [1.165, 1.54) is 0 Å². The Bertz CT molecular complexity index is 798. The minimum absolute atomic E-state index is 0.672. The number of benzene rings is 2. The van der Waals surface area contributed by atoms with Crippen LogP contribution in [0.1, 0.15) is 17.2 Å². The predicted molar refractivity (Wildman–Crippen MR) is 94.3 cm³/mol. The molecule has 0 aliphatic heterocycles. The van der Waals surface area contributed by atoms with Gasteiger partial charge in [0.1, 0.15) is 11.9 Å². The van der Waals surface area contributed by atoms with E-state index in [9.17, 15) is 5.11 Å². The van der Waals surface area contributed by atoms with Crippen molar-refractivity contribution in [2.24, 2.45) is 0 Å². The van der Waals surface area contributed by atoms with Crippen molar-refractivity contribution in [1.82, 2.24) is 0 Å². The highest BCUT2D eigenvalue weighted by atomic mass is 79.9. The average Bonchev–Trinajstić information content (AvgIpc) is 2.92. The normalized spacial score (nSPS) is 12.6. The number of hydrogen-bond donors (Lipinski definition) is 1. The topological polar surface area (TPSA) is 29.5 Å². The summed E-state index contributed by atoms with van der Waals surface area (Å²) in [5, 5.41) is 13.8. The molecule has 0 bridgehead atoms. The summed E-state index contributed by atoms with van der Waals surface area (Å²) in [6.07, 6.45) is -0.712. The molecule has 0 aliphatic rings.